The van der Waals surface area contributed by atoms with Gasteiger partial charge in [0.25, 0.3) is 5.91 Å². The van der Waals surface area contributed by atoms with Crippen molar-refractivity contribution in [3.63, 3.8) is 0 Å². The molecule has 1 N–H and O–H groups in total. The minimum atomic E-state index is -0.745. The maximum absolute atomic E-state index is 12.7. The fourth-order valence-corrected chi connectivity index (χ4v) is 3.54. The number of hydrogen-bond acceptors (Lipinski definition) is 3. The minimum absolute atomic E-state index is 0.175. The second-order valence-electron chi connectivity index (χ2n) is 7.97. The predicted octanol–water partition coefficient (Wildman–Crippen LogP) is 4.23. The standard InChI is InChI=1S/C20H28N2O2/c1-14-12-16(24-5)6-7-17(14)18(23)22-20(13-21)10-8-15(9-11-20)19(2,3)4/h6-7,12,15H,8-11H2,1-5H3,(H,22,23). The molecule has 0 spiro atoms. The average molecular weight is 328 g/mol. The summed E-state index contributed by atoms with van der Waals surface area (Å²) in [6, 6.07) is 7.75. The number of carbonyl (C=O) groups is 1. The zero-order chi connectivity index (χ0) is 18.0. The van der Waals surface area contributed by atoms with Crippen LogP contribution in [-0.2, 0) is 0 Å². The van der Waals surface area contributed by atoms with Gasteiger partial charge in [-0.05, 0) is 67.7 Å². The molecule has 0 aliphatic heterocycles. The van der Waals surface area contributed by atoms with E-state index in [9.17, 15) is 10.1 Å². The molecular formula is C20H28N2O2. The van der Waals surface area contributed by atoms with E-state index in [4.69, 9.17) is 4.74 Å². The van der Waals surface area contributed by atoms with Gasteiger partial charge in [-0.1, -0.05) is 20.8 Å². The zero-order valence-electron chi connectivity index (χ0n) is 15.4. The van der Waals surface area contributed by atoms with E-state index >= 15 is 0 Å². The van der Waals surface area contributed by atoms with Gasteiger partial charge in [-0.15, -0.1) is 0 Å². The molecule has 0 radical (unpaired) electrons. The molecule has 1 aliphatic rings. The van der Waals surface area contributed by atoms with Crippen molar-refractivity contribution >= 4 is 5.91 Å². The van der Waals surface area contributed by atoms with E-state index in [0.717, 1.165) is 24.2 Å². The number of hydrogen-bond donors (Lipinski definition) is 1. The SMILES string of the molecule is COc1ccc(C(=O)NC2(C#N)CCC(C(C)(C)C)CC2)c(C)c1. The van der Waals surface area contributed by atoms with E-state index in [1.54, 1.807) is 19.2 Å². The summed E-state index contributed by atoms with van der Waals surface area (Å²) in [6.07, 6.45) is 3.37. The van der Waals surface area contributed by atoms with Crippen molar-refractivity contribution < 1.29 is 9.53 Å². The maximum atomic E-state index is 12.7. The van der Waals surface area contributed by atoms with Crippen LogP contribution in [0.5, 0.6) is 5.75 Å². The molecule has 1 amide bonds. The molecule has 1 aromatic carbocycles. The number of benzene rings is 1. The topological polar surface area (TPSA) is 62.1 Å². The van der Waals surface area contributed by atoms with Crippen LogP contribution in [0.15, 0.2) is 18.2 Å². The summed E-state index contributed by atoms with van der Waals surface area (Å²) in [5, 5.41) is 12.7. The molecule has 0 aromatic heterocycles. The number of nitrogens with one attached hydrogen (secondary N) is 1. The second kappa shape index (κ2) is 6.84. The monoisotopic (exact) mass is 328 g/mol. The summed E-state index contributed by atoms with van der Waals surface area (Å²) in [6.45, 7) is 8.62. The third-order valence-electron chi connectivity index (χ3n) is 5.31. The molecule has 130 valence electrons. The lowest BCUT2D eigenvalue weighted by molar-refractivity contribution is 0.0855. The highest BCUT2D eigenvalue weighted by atomic mass is 16.5. The fourth-order valence-electron chi connectivity index (χ4n) is 3.54. The minimum Gasteiger partial charge on any atom is -0.497 e. The Kier molecular flexibility index (Phi) is 5.22. The van der Waals surface area contributed by atoms with Crippen LogP contribution in [0.2, 0.25) is 0 Å². The fraction of sp³-hybridized carbons (Fsp3) is 0.600. The molecule has 24 heavy (non-hydrogen) atoms. The van der Waals surface area contributed by atoms with Crippen molar-refractivity contribution in [1.82, 2.24) is 5.32 Å². The number of nitriles is 1. The molecule has 1 fully saturated rings. The smallest absolute Gasteiger partial charge is 0.252 e. The van der Waals surface area contributed by atoms with E-state index in [2.05, 4.69) is 32.2 Å². The maximum Gasteiger partial charge on any atom is 0.252 e. The largest absolute Gasteiger partial charge is 0.497 e. The molecular weight excluding hydrogens is 300 g/mol. The van der Waals surface area contributed by atoms with Gasteiger partial charge in [0.2, 0.25) is 0 Å². The number of nitrogens with zero attached hydrogens (tertiary/aromatic N) is 1. The summed E-state index contributed by atoms with van der Waals surface area (Å²) in [5.74, 6) is 1.15. The number of carbonyl (C=O) groups excluding carboxylic acids is 1. The van der Waals surface area contributed by atoms with Crippen molar-refractivity contribution in [3.8, 4) is 11.8 Å². The van der Waals surface area contributed by atoms with Crippen LogP contribution in [-0.4, -0.2) is 18.6 Å². The highest BCUT2D eigenvalue weighted by Gasteiger charge is 2.40. The summed E-state index contributed by atoms with van der Waals surface area (Å²) in [7, 11) is 1.60. The lowest BCUT2D eigenvalue weighted by Gasteiger charge is -2.41. The Morgan fingerprint density at radius 2 is 1.96 bits per heavy atom. The Morgan fingerprint density at radius 3 is 2.42 bits per heavy atom. The van der Waals surface area contributed by atoms with E-state index in [-0.39, 0.29) is 11.3 Å². The predicted molar refractivity (Wildman–Crippen MR) is 95.0 cm³/mol. The van der Waals surface area contributed by atoms with Crippen molar-refractivity contribution in [2.45, 2.75) is 58.9 Å². The van der Waals surface area contributed by atoms with Crippen LogP contribution in [0.3, 0.4) is 0 Å². The first-order chi connectivity index (χ1) is 11.2. The average Bonchev–Trinajstić information content (AvgIpc) is 2.54. The van der Waals surface area contributed by atoms with Gasteiger partial charge in [0.05, 0.1) is 13.2 Å². The highest BCUT2D eigenvalue weighted by molar-refractivity contribution is 5.96. The number of amides is 1. The quantitative estimate of drug-likeness (QED) is 0.903. The molecule has 2 rings (SSSR count). The van der Waals surface area contributed by atoms with Gasteiger partial charge in [-0.3, -0.25) is 4.79 Å². The molecule has 1 aliphatic carbocycles. The highest BCUT2D eigenvalue weighted by Crippen LogP contribution is 2.41. The lowest BCUT2D eigenvalue weighted by Crippen LogP contribution is -2.50. The van der Waals surface area contributed by atoms with Crippen LogP contribution in [0, 0.1) is 29.6 Å². The zero-order valence-corrected chi connectivity index (χ0v) is 15.4. The Morgan fingerprint density at radius 1 is 1.33 bits per heavy atom. The number of aryl methyl sites for hydroxylation is 1. The van der Waals surface area contributed by atoms with Crippen LogP contribution in [0.25, 0.3) is 0 Å². The van der Waals surface area contributed by atoms with E-state index < -0.39 is 5.54 Å². The molecule has 1 saturated carbocycles. The first-order valence-electron chi connectivity index (χ1n) is 8.59. The van der Waals surface area contributed by atoms with E-state index in [1.165, 1.54) is 0 Å². The first kappa shape index (κ1) is 18.3. The third-order valence-corrected chi connectivity index (χ3v) is 5.31. The van der Waals surface area contributed by atoms with E-state index in [1.807, 2.05) is 13.0 Å². The number of methoxy groups -OCH3 is 1. The van der Waals surface area contributed by atoms with Crippen LogP contribution >= 0.6 is 0 Å². The van der Waals surface area contributed by atoms with Crippen LogP contribution < -0.4 is 10.1 Å². The van der Waals surface area contributed by atoms with Gasteiger partial charge >= 0.3 is 0 Å². The molecule has 0 atom stereocenters. The lowest BCUT2D eigenvalue weighted by atomic mass is 9.67. The Hall–Kier alpha value is -2.02. The van der Waals surface area contributed by atoms with Gasteiger partial charge in [0.1, 0.15) is 11.3 Å². The Bertz CT molecular complexity index is 645. The summed E-state index contributed by atoms with van der Waals surface area (Å²) in [5.41, 5.74) is 0.954. The third kappa shape index (κ3) is 3.90. The summed E-state index contributed by atoms with van der Waals surface area (Å²) in [4.78, 5) is 12.7. The summed E-state index contributed by atoms with van der Waals surface area (Å²) >= 11 is 0. The van der Waals surface area contributed by atoms with Crippen LogP contribution in [0.4, 0.5) is 0 Å². The number of ether oxygens (including phenoxy) is 1. The Balaban J connectivity index is 2.11. The van der Waals surface area contributed by atoms with Crippen molar-refractivity contribution in [2.24, 2.45) is 11.3 Å². The first-order valence-corrected chi connectivity index (χ1v) is 8.59. The molecule has 0 heterocycles. The Labute approximate surface area is 145 Å². The molecule has 4 nitrogen and oxygen atoms in total. The van der Waals surface area contributed by atoms with Gasteiger partial charge in [-0.25, -0.2) is 0 Å². The molecule has 0 unspecified atom stereocenters. The second-order valence-corrected chi connectivity index (χ2v) is 7.97. The van der Waals surface area contributed by atoms with Gasteiger partial charge in [-0.2, -0.15) is 5.26 Å². The summed E-state index contributed by atoms with van der Waals surface area (Å²) < 4.78 is 5.18. The van der Waals surface area contributed by atoms with Gasteiger partial charge in [0.15, 0.2) is 0 Å². The molecule has 0 bridgehead atoms. The van der Waals surface area contributed by atoms with Crippen molar-refractivity contribution in [1.29, 1.82) is 5.26 Å². The normalized spacial score (nSPS) is 24.1. The van der Waals surface area contributed by atoms with Crippen molar-refractivity contribution in [3.05, 3.63) is 29.3 Å². The van der Waals surface area contributed by atoms with Crippen molar-refractivity contribution in [2.75, 3.05) is 7.11 Å². The molecule has 0 saturated heterocycles. The van der Waals surface area contributed by atoms with Gasteiger partial charge in [0, 0.05) is 5.56 Å². The number of rotatable bonds is 3. The van der Waals surface area contributed by atoms with Crippen LogP contribution in [0.1, 0.15) is 62.4 Å². The molecule has 1 aromatic rings. The molecule has 4 heteroatoms. The van der Waals surface area contributed by atoms with Gasteiger partial charge < -0.3 is 10.1 Å². The van der Waals surface area contributed by atoms with E-state index in [0.29, 0.717) is 24.3 Å².